The number of benzene rings is 1. The summed E-state index contributed by atoms with van der Waals surface area (Å²) < 4.78 is 0. The van der Waals surface area contributed by atoms with Crippen molar-refractivity contribution in [1.29, 1.82) is 0 Å². The summed E-state index contributed by atoms with van der Waals surface area (Å²) in [4.78, 5) is 12.0. The van der Waals surface area contributed by atoms with Crippen LogP contribution >= 0.6 is 11.6 Å². The lowest BCUT2D eigenvalue weighted by Gasteiger charge is -2.21. The van der Waals surface area contributed by atoms with Crippen molar-refractivity contribution in [3.8, 4) is 0 Å². The molecule has 0 aliphatic carbocycles. The van der Waals surface area contributed by atoms with Gasteiger partial charge in [0.15, 0.2) is 5.78 Å². The van der Waals surface area contributed by atoms with Crippen LogP contribution in [-0.2, 0) is 0 Å². The Labute approximate surface area is 94.6 Å². The van der Waals surface area contributed by atoms with E-state index in [1.165, 1.54) is 0 Å². The van der Waals surface area contributed by atoms with Crippen LogP contribution in [0.1, 0.15) is 23.2 Å². The van der Waals surface area contributed by atoms with Crippen molar-refractivity contribution in [3.05, 3.63) is 34.9 Å². The maximum Gasteiger partial charge on any atom is 0.167 e. The van der Waals surface area contributed by atoms with E-state index < -0.39 is 0 Å². The predicted molar refractivity (Wildman–Crippen MR) is 61.4 cm³/mol. The summed E-state index contributed by atoms with van der Waals surface area (Å²) in [6.45, 7) is 1.84. The second kappa shape index (κ2) is 4.77. The van der Waals surface area contributed by atoms with Crippen molar-refractivity contribution >= 4 is 17.4 Å². The molecule has 0 bridgehead atoms. The summed E-state index contributed by atoms with van der Waals surface area (Å²) in [5, 5.41) is 3.92. The second-order valence-electron chi connectivity index (χ2n) is 3.91. The highest BCUT2D eigenvalue weighted by atomic mass is 35.5. The molecule has 1 atom stereocenters. The summed E-state index contributed by atoms with van der Waals surface area (Å²) >= 11 is 5.78. The van der Waals surface area contributed by atoms with Crippen LogP contribution in [0.15, 0.2) is 24.3 Å². The molecule has 15 heavy (non-hydrogen) atoms. The fourth-order valence-electron chi connectivity index (χ4n) is 1.93. The Hall–Kier alpha value is -0.860. The van der Waals surface area contributed by atoms with Crippen molar-refractivity contribution in [2.75, 3.05) is 13.1 Å². The van der Waals surface area contributed by atoms with Gasteiger partial charge in [-0.3, -0.25) is 4.79 Å². The molecule has 0 saturated carbocycles. The number of halogens is 1. The first-order chi connectivity index (χ1) is 7.27. The van der Waals surface area contributed by atoms with Crippen LogP contribution in [0, 0.1) is 5.92 Å². The van der Waals surface area contributed by atoms with Gasteiger partial charge in [-0.1, -0.05) is 11.6 Å². The first kappa shape index (κ1) is 10.7. The van der Waals surface area contributed by atoms with E-state index in [0.29, 0.717) is 5.02 Å². The van der Waals surface area contributed by atoms with Crippen LogP contribution in [0.4, 0.5) is 0 Å². The molecular formula is C12H14ClNO. The van der Waals surface area contributed by atoms with Crippen LogP contribution in [0.5, 0.6) is 0 Å². The van der Waals surface area contributed by atoms with Gasteiger partial charge in [-0.15, -0.1) is 0 Å². The average Bonchev–Trinajstić information content (AvgIpc) is 2.30. The molecule has 1 aliphatic heterocycles. The molecule has 1 N–H and O–H groups in total. The Balaban J connectivity index is 2.09. The molecule has 1 fully saturated rings. The standard InChI is InChI=1S/C12H14ClNO/c13-11-5-3-9(4-6-11)12(15)10-2-1-7-14-8-10/h3-6,10,14H,1-2,7-8H2/t10-/m1/s1. The van der Waals surface area contributed by atoms with Crippen LogP contribution < -0.4 is 5.32 Å². The number of nitrogens with one attached hydrogen (secondary N) is 1. The van der Waals surface area contributed by atoms with Crippen LogP contribution in [0.2, 0.25) is 5.02 Å². The van der Waals surface area contributed by atoms with Crippen molar-refractivity contribution in [3.63, 3.8) is 0 Å². The minimum atomic E-state index is 0.139. The van der Waals surface area contributed by atoms with E-state index >= 15 is 0 Å². The van der Waals surface area contributed by atoms with Crippen LogP contribution in [0.25, 0.3) is 0 Å². The van der Waals surface area contributed by atoms with Gasteiger partial charge in [0.05, 0.1) is 0 Å². The second-order valence-corrected chi connectivity index (χ2v) is 4.35. The molecule has 0 amide bonds. The van der Waals surface area contributed by atoms with Gasteiger partial charge in [0.25, 0.3) is 0 Å². The van der Waals surface area contributed by atoms with Gasteiger partial charge in [0, 0.05) is 23.0 Å². The van der Waals surface area contributed by atoms with Gasteiger partial charge in [0.1, 0.15) is 0 Å². The van der Waals surface area contributed by atoms with E-state index in [1.807, 2.05) is 0 Å². The Morgan fingerprint density at radius 2 is 2.07 bits per heavy atom. The van der Waals surface area contributed by atoms with Crippen LogP contribution in [-0.4, -0.2) is 18.9 Å². The highest BCUT2D eigenvalue weighted by Crippen LogP contribution is 2.18. The van der Waals surface area contributed by atoms with Crippen molar-refractivity contribution in [2.24, 2.45) is 5.92 Å². The number of hydrogen-bond acceptors (Lipinski definition) is 2. The smallest absolute Gasteiger partial charge is 0.167 e. The maximum atomic E-state index is 12.0. The SMILES string of the molecule is O=C(c1ccc(Cl)cc1)[C@@H]1CCCNC1. The molecule has 0 unspecified atom stereocenters. The van der Waals surface area contributed by atoms with E-state index in [2.05, 4.69) is 5.32 Å². The van der Waals surface area contributed by atoms with Gasteiger partial charge in [0.2, 0.25) is 0 Å². The number of hydrogen-bond donors (Lipinski definition) is 1. The highest BCUT2D eigenvalue weighted by Gasteiger charge is 2.21. The summed E-state index contributed by atoms with van der Waals surface area (Å²) in [6, 6.07) is 7.15. The third-order valence-electron chi connectivity index (χ3n) is 2.80. The molecule has 80 valence electrons. The minimum absolute atomic E-state index is 0.139. The summed E-state index contributed by atoms with van der Waals surface area (Å²) in [7, 11) is 0. The zero-order valence-electron chi connectivity index (χ0n) is 8.50. The lowest BCUT2D eigenvalue weighted by Crippen LogP contribution is -2.34. The largest absolute Gasteiger partial charge is 0.316 e. The molecular weight excluding hydrogens is 210 g/mol. The third-order valence-corrected chi connectivity index (χ3v) is 3.05. The van der Waals surface area contributed by atoms with Crippen molar-refractivity contribution in [1.82, 2.24) is 5.32 Å². The summed E-state index contributed by atoms with van der Waals surface area (Å²) in [5.41, 5.74) is 0.771. The lowest BCUT2D eigenvalue weighted by atomic mass is 9.91. The Kier molecular flexibility index (Phi) is 3.39. The molecule has 1 heterocycles. The molecule has 0 spiro atoms. The first-order valence-electron chi connectivity index (χ1n) is 5.28. The molecule has 0 aromatic heterocycles. The summed E-state index contributed by atoms with van der Waals surface area (Å²) in [6.07, 6.45) is 2.08. The average molecular weight is 224 g/mol. The Morgan fingerprint density at radius 3 is 2.67 bits per heavy atom. The predicted octanol–water partition coefficient (Wildman–Crippen LogP) is 2.52. The van der Waals surface area contributed by atoms with Gasteiger partial charge >= 0.3 is 0 Å². The highest BCUT2D eigenvalue weighted by molar-refractivity contribution is 6.30. The maximum absolute atomic E-state index is 12.0. The monoisotopic (exact) mass is 223 g/mol. The quantitative estimate of drug-likeness (QED) is 0.781. The normalized spacial score (nSPS) is 21.3. The van der Waals surface area contributed by atoms with Gasteiger partial charge in [-0.05, 0) is 43.7 Å². The molecule has 3 heteroatoms. The number of carbonyl (C=O) groups is 1. The topological polar surface area (TPSA) is 29.1 Å². The van der Waals surface area contributed by atoms with E-state index in [1.54, 1.807) is 24.3 Å². The molecule has 0 radical (unpaired) electrons. The number of ketones is 1. The Bertz CT molecular complexity index is 341. The van der Waals surface area contributed by atoms with E-state index in [0.717, 1.165) is 31.5 Å². The molecule has 1 saturated heterocycles. The van der Waals surface area contributed by atoms with Gasteiger partial charge in [-0.25, -0.2) is 0 Å². The van der Waals surface area contributed by atoms with Gasteiger partial charge in [-0.2, -0.15) is 0 Å². The Morgan fingerprint density at radius 1 is 1.33 bits per heavy atom. The number of Topliss-reactive ketones (excluding diaryl/α,β-unsaturated/α-hetero) is 1. The van der Waals surface area contributed by atoms with Crippen LogP contribution in [0.3, 0.4) is 0 Å². The van der Waals surface area contributed by atoms with Crippen molar-refractivity contribution < 1.29 is 4.79 Å². The fraction of sp³-hybridized carbons (Fsp3) is 0.417. The molecule has 1 aliphatic rings. The number of rotatable bonds is 2. The van der Waals surface area contributed by atoms with E-state index in [-0.39, 0.29) is 11.7 Å². The minimum Gasteiger partial charge on any atom is -0.316 e. The molecule has 1 aromatic carbocycles. The number of carbonyl (C=O) groups excluding carboxylic acids is 1. The first-order valence-corrected chi connectivity index (χ1v) is 5.65. The third kappa shape index (κ3) is 2.58. The zero-order valence-corrected chi connectivity index (χ0v) is 9.26. The fourth-order valence-corrected chi connectivity index (χ4v) is 2.05. The lowest BCUT2D eigenvalue weighted by molar-refractivity contribution is 0.0899. The van der Waals surface area contributed by atoms with E-state index in [4.69, 9.17) is 11.6 Å². The molecule has 2 nitrogen and oxygen atoms in total. The van der Waals surface area contributed by atoms with Crippen molar-refractivity contribution in [2.45, 2.75) is 12.8 Å². The summed E-state index contributed by atoms with van der Waals surface area (Å²) in [5.74, 6) is 0.374. The van der Waals surface area contributed by atoms with Gasteiger partial charge < -0.3 is 5.32 Å². The molecule has 2 rings (SSSR count). The zero-order chi connectivity index (χ0) is 10.7. The van der Waals surface area contributed by atoms with E-state index in [9.17, 15) is 4.79 Å². The molecule has 1 aromatic rings. The number of piperidine rings is 1.